The third-order valence-electron chi connectivity index (χ3n) is 2.73. The minimum absolute atomic E-state index is 0.496. The van der Waals surface area contributed by atoms with Gasteiger partial charge in [0.2, 0.25) is 0 Å². The van der Waals surface area contributed by atoms with Crippen molar-refractivity contribution in [2.45, 2.75) is 25.6 Å². The molecule has 1 atom stereocenters. The van der Waals surface area contributed by atoms with E-state index in [0.717, 1.165) is 0 Å². The molecule has 0 spiro atoms. The molecular formula is C13H13F3N2. The summed E-state index contributed by atoms with van der Waals surface area (Å²) < 4.78 is 37.2. The highest BCUT2D eigenvalue weighted by Gasteiger charge is 2.31. The van der Waals surface area contributed by atoms with Gasteiger partial charge < -0.3 is 5.73 Å². The molecule has 0 saturated carbocycles. The van der Waals surface area contributed by atoms with E-state index < -0.39 is 18.6 Å². The molecule has 1 aromatic carbocycles. The van der Waals surface area contributed by atoms with Gasteiger partial charge in [0.1, 0.15) is 0 Å². The number of hydrogen-bond acceptors (Lipinski definition) is 2. The van der Waals surface area contributed by atoms with E-state index >= 15 is 0 Å². The highest BCUT2D eigenvalue weighted by atomic mass is 19.4. The Kier molecular flexibility index (Phi) is 3.26. The number of nitrogens with two attached hydrogens (primary N) is 1. The summed E-state index contributed by atoms with van der Waals surface area (Å²) in [7, 11) is 0. The number of benzene rings is 1. The van der Waals surface area contributed by atoms with Gasteiger partial charge in [-0.25, -0.2) is 0 Å². The molecule has 96 valence electrons. The van der Waals surface area contributed by atoms with Gasteiger partial charge in [-0.15, -0.1) is 0 Å². The Balaban J connectivity index is 2.49. The molecule has 2 rings (SSSR count). The molecule has 0 bridgehead atoms. The molecule has 1 heterocycles. The number of halogens is 3. The molecule has 0 saturated heterocycles. The molecule has 0 fully saturated rings. The molecule has 1 aromatic heterocycles. The van der Waals surface area contributed by atoms with Crippen LogP contribution in [0.1, 0.15) is 23.7 Å². The van der Waals surface area contributed by atoms with E-state index in [0.29, 0.717) is 22.2 Å². The zero-order valence-corrected chi connectivity index (χ0v) is 9.83. The third-order valence-corrected chi connectivity index (χ3v) is 2.73. The van der Waals surface area contributed by atoms with Gasteiger partial charge in [-0.05, 0) is 24.6 Å². The zero-order chi connectivity index (χ0) is 13.3. The van der Waals surface area contributed by atoms with Crippen molar-refractivity contribution in [1.82, 2.24) is 4.98 Å². The van der Waals surface area contributed by atoms with Gasteiger partial charge in [-0.3, -0.25) is 4.98 Å². The molecule has 2 nitrogen and oxygen atoms in total. The number of aromatic nitrogens is 1. The fourth-order valence-electron chi connectivity index (χ4n) is 2.01. The van der Waals surface area contributed by atoms with Crippen molar-refractivity contribution in [2.75, 3.05) is 0 Å². The number of fused-ring (bicyclic) bond motifs is 1. The molecule has 0 radical (unpaired) electrons. The van der Waals surface area contributed by atoms with Crippen molar-refractivity contribution >= 4 is 10.9 Å². The van der Waals surface area contributed by atoms with E-state index in [-0.39, 0.29) is 0 Å². The highest BCUT2D eigenvalue weighted by Crippen LogP contribution is 2.31. The summed E-state index contributed by atoms with van der Waals surface area (Å²) in [4.78, 5) is 4.28. The van der Waals surface area contributed by atoms with Crippen LogP contribution in [0.15, 0.2) is 30.3 Å². The SMILES string of the molecule is Cc1cc(C(N)CC(F)(F)F)c2ccccc2n1. The summed E-state index contributed by atoms with van der Waals surface area (Å²) >= 11 is 0. The maximum Gasteiger partial charge on any atom is 0.390 e. The number of rotatable bonds is 2. The second-order valence-corrected chi connectivity index (χ2v) is 4.30. The first-order valence-corrected chi connectivity index (χ1v) is 5.55. The summed E-state index contributed by atoms with van der Waals surface area (Å²) in [6.45, 7) is 1.75. The lowest BCUT2D eigenvalue weighted by atomic mass is 9.99. The van der Waals surface area contributed by atoms with Gasteiger partial charge in [0.25, 0.3) is 0 Å². The van der Waals surface area contributed by atoms with Crippen molar-refractivity contribution in [3.63, 3.8) is 0 Å². The number of pyridine rings is 1. The van der Waals surface area contributed by atoms with E-state index in [1.807, 2.05) is 0 Å². The van der Waals surface area contributed by atoms with Crippen molar-refractivity contribution in [2.24, 2.45) is 5.73 Å². The van der Waals surface area contributed by atoms with E-state index in [4.69, 9.17) is 5.73 Å². The summed E-state index contributed by atoms with van der Waals surface area (Å²) in [6, 6.07) is 7.64. The minimum atomic E-state index is -4.27. The Morgan fingerprint density at radius 1 is 1.28 bits per heavy atom. The van der Waals surface area contributed by atoms with Crippen molar-refractivity contribution in [3.8, 4) is 0 Å². The maximum atomic E-state index is 12.4. The van der Waals surface area contributed by atoms with Gasteiger partial charge in [0.05, 0.1) is 11.9 Å². The van der Waals surface area contributed by atoms with Crippen LogP contribution in [0.25, 0.3) is 10.9 Å². The molecule has 2 aromatic rings. The molecule has 0 amide bonds. The molecule has 5 heteroatoms. The van der Waals surface area contributed by atoms with E-state index in [1.165, 1.54) is 0 Å². The highest BCUT2D eigenvalue weighted by molar-refractivity contribution is 5.82. The number of para-hydroxylation sites is 1. The third kappa shape index (κ3) is 2.79. The zero-order valence-electron chi connectivity index (χ0n) is 9.83. The number of hydrogen-bond donors (Lipinski definition) is 1. The van der Waals surface area contributed by atoms with Crippen LogP contribution in [0.4, 0.5) is 13.2 Å². The summed E-state index contributed by atoms with van der Waals surface area (Å²) in [6.07, 6.45) is -5.29. The number of nitrogens with zero attached hydrogens (tertiary/aromatic N) is 1. The smallest absolute Gasteiger partial charge is 0.324 e. The first-order valence-electron chi connectivity index (χ1n) is 5.55. The molecule has 0 aliphatic carbocycles. The van der Waals surface area contributed by atoms with Crippen LogP contribution in [0.2, 0.25) is 0 Å². The van der Waals surface area contributed by atoms with Crippen LogP contribution >= 0.6 is 0 Å². The van der Waals surface area contributed by atoms with E-state index in [1.54, 1.807) is 37.3 Å². The van der Waals surface area contributed by atoms with E-state index in [9.17, 15) is 13.2 Å². The molecule has 0 aliphatic rings. The van der Waals surface area contributed by atoms with Crippen LogP contribution in [-0.4, -0.2) is 11.2 Å². The normalized spacial score (nSPS) is 13.8. The van der Waals surface area contributed by atoms with E-state index in [2.05, 4.69) is 4.98 Å². The molecule has 0 aliphatic heterocycles. The first-order chi connectivity index (χ1) is 8.37. The summed E-state index contributed by atoms with van der Waals surface area (Å²) in [5.74, 6) is 0. The van der Waals surface area contributed by atoms with Gasteiger partial charge in [-0.1, -0.05) is 18.2 Å². The summed E-state index contributed by atoms with van der Waals surface area (Å²) in [5.41, 5.74) is 7.50. The van der Waals surface area contributed by atoms with Crippen molar-refractivity contribution in [1.29, 1.82) is 0 Å². The van der Waals surface area contributed by atoms with Gasteiger partial charge in [0.15, 0.2) is 0 Å². The average Bonchev–Trinajstić information content (AvgIpc) is 2.25. The fraction of sp³-hybridized carbons (Fsp3) is 0.308. The van der Waals surface area contributed by atoms with Gasteiger partial charge in [0, 0.05) is 17.1 Å². The fourth-order valence-corrected chi connectivity index (χ4v) is 2.01. The van der Waals surface area contributed by atoms with Crippen LogP contribution in [-0.2, 0) is 0 Å². The Hall–Kier alpha value is -1.62. The molecular weight excluding hydrogens is 241 g/mol. The number of alkyl halides is 3. The minimum Gasteiger partial charge on any atom is -0.324 e. The molecule has 18 heavy (non-hydrogen) atoms. The molecule has 2 N–H and O–H groups in total. The quantitative estimate of drug-likeness (QED) is 0.890. The van der Waals surface area contributed by atoms with Gasteiger partial charge >= 0.3 is 6.18 Å². The van der Waals surface area contributed by atoms with Crippen molar-refractivity contribution < 1.29 is 13.2 Å². The van der Waals surface area contributed by atoms with Gasteiger partial charge in [-0.2, -0.15) is 13.2 Å². The van der Waals surface area contributed by atoms with Crippen LogP contribution in [0.3, 0.4) is 0 Å². The standard InChI is InChI=1S/C13H13F3N2/c1-8-6-10(11(17)7-13(14,15)16)9-4-2-3-5-12(9)18-8/h2-6,11H,7,17H2,1H3. The topological polar surface area (TPSA) is 38.9 Å². The second kappa shape index (κ2) is 4.57. The average molecular weight is 254 g/mol. The Morgan fingerprint density at radius 3 is 2.61 bits per heavy atom. The van der Waals surface area contributed by atoms with Crippen molar-refractivity contribution in [3.05, 3.63) is 41.6 Å². The lowest BCUT2D eigenvalue weighted by molar-refractivity contribution is -0.138. The Labute approximate surface area is 103 Å². The maximum absolute atomic E-state index is 12.4. The second-order valence-electron chi connectivity index (χ2n) is 4.30. The predicted octanol–water partition coefficient (Wildman–Crippen LogP) is 3.50. The monoisotopic (exact) mass is 254 g/mol. The number of aryl methyl sites for hydroxylation is 1. The largest absolute Gasteiger partial charge is 0.390 e. The lowest BCUT2D eigenvalue weighted by Crippen LogP contribution is -2.20. The first kappa shape index (κ1) is 12.8. The summed E-state index contributed by atoms with van der Waals surface area (Å²) in [5, 5.41) is 0.680. The van der Waals surface area contributed by atoms with Crippen LogP contribution < -0.4 is 5.73 Å². The van der Waals surface area contributed by atoms with Crippen LogP contribution in [0, 0.1) is 6.92 Å². The molecule has 1 unspecified atom stereocenters. The lowest BCUT2D eigenvalue weighted by Gasteiger charge is -2.17. The Morgan fingerprint density at radius 2 is 1.94 bits per heavy atom. The van der Waals surface area contributed by atoms with Crippen LogP contribution in [0.5, 0.6) is 0 Å². The predicted molar refractivity (Wildman–Crippen MR) is 64.1 cm³/mol. The Bertz CT molecular complexity index is 564.